The molecule has 0 saturated carbocycles. The second-order valence-electron chi connectivity index (χ2n) is 3.41. The zero-order valence-corrected chi connectivity index (χ0v) is 9.57. The second kappa shape index (κ2) is 4.73. The third-order valence-electron chi connectivity index (χ3n) is 2.14. The van der Waals surface area contributed by atoms with Crippen molar-refractivity contribution < 1.29 is 0 Å². The number of hydrogen-bond donors (Lipinski definition) is 2. The zero-order chi connectivity index (χ0) is 12.3. The van der Waals surface area contributed by atoms with E-state index in [-0.39, 0.29) is 0 Å². The van der Waals surface area contributed by atoms with E-state index in [0.29, 0.717) is 22.1 Å². The molecule has 84 valence electrons. The lowest BCUT2D eigenvalue weighted by Gasteiger charge is -2.09. The van der Waals surface area contributed by atoms with Crippen LogP contribution in [-0.2, 0) is 0 Å². The molecule has 0 bridgehead atoms. The van der Waals surface area contributed by atoms with Gasteiger partial charge in [0.2, 0.25) is 0 Å². The normalized spacial score (nSPS) is 9.65. The van der Waals surface area contributed by atoms with E-state index in [9.17, 15) is 0 Å². The molecule has 0 saturated heterocycles. The quantitative estimate of drug-likeness (QED) is 0.797. The Kier molecular flexibility index (Phi) is 3.12. The van der Waals surface area contributed by atoms with Gasteiger partial charge in [-0.25, -0.2) is 4.98 Å². The minimum absolute atomic E-state index is 0.343. The van der Waals surface area contributed by atoms with E-state index >= 15 is 0 Å². The minimum atomic E-state index is 0.343. The number of nitrogens with two attached hydrogens (primary N) is 1. The van der Waals surface area contributed by atoms with E-state index < -0.39 is 0 Å². The summed E-state index contributed by atoms with van der Waals surface area (Å²) in [6.07, 6.45) is 1.56. The topological polar surface area (TPSA) is 74.7 Å². The maximum atomic E-state index is 8.74. The Labute approximate surface area is 104 Å². The van der Waals surface area contributed by atoms with Crippen LogP contribution in [0.2, 0.25) is 5.02 Å². The van der Waals surface area contributed by atoms with Crippen molar-refractivity contribution in [2.45, 2.75) is 0 Å². The highest BCUT2D eigenvalue weighted by Gasteiger charge is 2.02. The Balaban J connectivity index is 2.31. The Morgan fingerprint density at radius 3 is 2.88 bits per heavy atom. The molecule has 0 unspecified atom stereocenters. The summed E-state index contributed by atoms with van der Waals surface area (Å²) in [4.78, 5) is 3.88. The van der Waals surface area contributed by atoms with E-state index in [1.807, 2.05) is 6.07 Å². The van der Waals surface area contributed by atoms with Gasteiger partial charge in [0.15, 0.2) is 0 Å². The Morgan fingerprint density at radius 2 is 2.12 bits per heavy atom. The third-order valence-corrected chi connectivity index (χ3v) is 2.47. The van der Waals surface area contributed by atoms with Crippen molar-refractivity contribution in [2.75, 3.05) is 11.1 Å². The van der Waals surface area contributed by atoms with Gasteiger partial charge in [-0.05, 0) is 30.3 Å². The molecule has 1 aromatic heterocycles. The standard InChI is InChI=1S/C12H9ClN4/c13-11-2-1-8(15)5-12(11)17-9-3-4-16-10(6-9)7-14/h1-6H,15H2,(H,16,17). The monoisotopic (exact) mass is 244 g/mol. The first-order chi connectivity index (χ1) is 8.19. The summed E-state index contributed by atoms with van der Waals surface area (Å²) in [5.41, 5.74) is 8.07. The predicted molar refractivity (Wildman–Crippen MR) is 68.1 cm³/mol. The molecule has 17 heavy (non-hydrogen) atoms. The maximum absolute atomic E-state index is 8.74. The van der Waals surface area contributed by atoms with Gasteiger partial charge < -0.3 is 11.1 Å². The van der Waals surface area contributed by atoms with Crippen LogP contribution in [0.1, 0.15) is 5.69 Å². The van der Waals surface area contributed by atoms with Crippen molar-refractivity contribution in [1.82, 2.24) is 4.98 Å². The van der Waals surface area contributed by atoms with Gasteiger partial charge in [-0.15, -0.1) is 0 Å². The molecule has 1 heterocycles. The summed E-state index contributed by atoms with van der Waals surface area (Å²) >= 11 is 6.02. The van der Waals surface area contributed by atoms with E-state index in [2.05, 4.69) is 10.3 Å². The Morgan fingerprint density at radius 1 is 1.29 bits per heavy atom. The fourth-order valence-corrected chi connectivity index (χ4v) is 1.53. The highest BCUT2D eigenvalue weighted by atomic mass is 35.5. The van der Waals surface area contributed by atoms with Crippen LogP contribution in [0, 0.1) is 11.3 Å². The lowest BCUT2D eigenvalue weighted by molar-refractivity contribution is 1.26. The molecule has 0 spiro atoms. The van der Waals surface area contributed by atoms with Gasteiger partial charge in [-0.1, -0.05) is 11.6 Å². The molecule has 0 aliphatic heterocycles. The summed E-state index contributed by atoms with van der Waals surface area (Å²) in [6.45, 7) is 0. The maximum Gasteiger partial charge on any atom is 0.142 e. The van der Waals surface area contributed by atoms with Gasteiger partial charge in [0.1, 0.15) is 11.8 Å². The fraction of sp³-hybridized carbons (Fsp3) is 0. The predicted octanol–water partition coefficient (Wildman–Crippen LogP) is 2.93. The van der Waals surface area contributed by atoms with Gasteiger partial charge in [-0.2, -0.15) is 5.26 Å². The van der Waals surface area contributed by atoms with Crippen molar-refractivity contribution in [3.8, 4) is 6.07 Å². The third kappa shape index (κ3) is 2.65. The molecule has 0 atom stereocenters. The average molecular weight is 245 g/mol. The molecule has 0 radical (unpaired) electrons. The first-order valence-electron chi connectivity index (χ1n) is 4.87. The molecule has 3 N–H and O–H groups in total. The summed E-state index contributed by atoms with van der Waals surface area (Å²) in [7, 11) is 0. The number of hydrogen-bond acceptors (Lipinski definition) is 4. The summed E-state index contributed by atoms with van der Waals surface area (Å²) in [6, 6.07) is 10.5. The Hall–Kier alpha value is -2.25. The molecular weight excluding hydrogens is 236 g/mol. The summed E-state index contributed by atoms with van der Waals surface area (Å²) in [5, 5.41) is 12.4. The second-order valence-corrected chi connectivity index (χ2v) is 3.81. The lowest BCUT2D eigenvalue weighted by Crippen LogP contribution is -1.94. The van der Waals surface area contributed by atoms with Crippen molar-refractivity contribution >= 4 is 28.7 Å². The number of nitrogens with zero attached hydrogens (tertiary/aromatic N) is 2. The number of benzene rings is 1. The number of halogens is 1. The molecule has 0 amide bonds. The van der Waals surface area contributed by atoms with Crippen molar-refractivity contribution in [3.05, 3.63) is 47.2 Å². The molecule has 0 fully saturated rings. The Bertz CT molecular complexity index is 589. The number of anilines is 3. The van der Waals surface area contributed by atoms with Crippen LogP contribution in [0.5, 0.6) is 0 Å². The zero-order valence-electron chi connectivity index (χ0n) is 8.81. The van der Waals surface area contributed by atoms with Crippen LogP contribution < -0.4 is 11.1 Å². The summed E-state index contributed by atoms with van der Waals surface area (Å²) in [5.74, 6) is 0. The minimum Gasteiger partial charge on any atom is -0.399 e. The number of nitrogen functional groups attached to an aromatic ring is 1. The smallest absolute Gasteiger partial charge is 0.142 e. The number of pyridine rings is 1. The average Bonchev–Trinajstić information content (AvgIpc) is 2.34. The van der Waals surface area contributed by atoms with E-state index in [4.69, 9.17) is 22.6 Å². The molecular formula is C12H9ClN4. The van der Waals surface area contributed by atoms with Crippen LogP contribution in [0.25, 0.3) is 0 Å². The van der Waals surface area contributed by atoms with Crippen LogP contribution in [0.15, 0.2) is 36.5 Å². The molecule has 0 aliphatic carbocycles. The molecule has 2 aromatic rings. The molecule has 5 heteroatoms. The van der Waals surface area contributed by atoms with Crippen molar-refractivity contribution in [2.24, 2.45) is 0 Å². The molecule has 4 nitrogen and oxygen atoms in total. The molecule has 1 aromatic carbocycles. The first-order valence-corrected chi connectivity index (χ1v) is 5.25. The van der Waals surface area contributed by atoms with Gasteiger partial charge in [0, 0.05) is 17.6 Å². The number of nitrogens with one attached hydrogen (secondary N) is 1. The van der Waals surface area contributed by atoms with Crippen LogP contribution >= 0.6 is 11.6 Å². The van der Waals surface area contributed by atoms with Gasteiger partial charge in [0.05, 0.1) is 10.7 Å². The van der Waals surface area contributed by atoms with Crippen LogP contribution in [0.3, 0.4) is 0 Å². The largest absolute Gasteiger partial charge is 0.399 e. The number of rotatable bonds is 2. The highest BCUT2D eigenvalue weighted by molar-refractivity contribution is 6.33. The SMILES string of the molecule is N#Cc1cc(Nc2cc(N)ccc2Cl)ccn1. The van der Waals surface area contributed by atoms with Gasteiger partial charge in [-0.3, -0.25) is 0 Å². The number of aromatic nitrogens is 1. The van der Waals surface area contributed by atoms with Gasteiger partial charge >= 0.3 is 0 Å². The van der Waals surface area contributed by atoms with Crippen molar-refractivity contribution in [3.63, 3.8) is 0 Å². The van der Waals surface area contributed by atoms with E-state index in [1.54, 1.807) is 36.5 Å². The number of nitriles is 1. The van der Waals surface area contributed by atoms with Crippen LogP contribution in [-0.4, -0.2) is 4.98 Å². The van der Waals surface area contributed by atoms with Gasteiger partial charge in [0.25, 0.3) is 0 Å². The first kappa shape index (κ1) is 11.2. The molecule has 2 rings (SSSR count). The lowest BCUT2D eigenvalue weighted by atomic mass is 10.2. The summed E-state index contributed by atoms with van der Waals surface area (Å²) < 4.78 is 0. The van der Waals surface area contributed by atoms with Crippen molar-refractivity contribution in [1.29, 1.82) is 5.26 Å². The molecule has 0 aliphatic rings. The van der Waals surface area contributed by atoms with Crippen LogP contribution in [0.4, 0.5) is 17.1 Å². The highest BCUT2D eigenvalue weighted by Crippen LogP contribution is 2.27. The van der Waals surface area contributed by atoms with E-state index in [0.717, 1.165) is 5.69 Å². The van der Waals surface area contributed by atoms with E-state index in [1.165, 1.54) is 0 Å². The fourth-order valence-electron chi connectivity index (χ4n) is 1.36.